The van der Waals surface area contributed by atoms with Crippen LogP contribution in [0.25, 0.3) is 11.0 Å². The molecule has 2 aliphatic heterocycles. The summed E-state index contributed by atoms with van der Waals surface area (Å²) >= 11 is 0. The summed E-state index contributed by atoms with van der Waals surface area (Å²) in [5.41, 5.74) is 0.577. The first kappa shape index (κ1) is 20.1. The van der Waals surface area contributed by atoms with Crippen LogP contribution in [0.4, 0.5) is 8.78 Å². The number of carbonyl (C=O) groups excluding carboxylic acids is 1. The van der Waals surface area contributed by atoms with Crippen LogP contribution < -0.4 is 4.74 Å². The van der Waals surface area contributed by atoms with Crippen molar-refractivity contribution in [1.29, 1.82) is 0 Å². The van der Waals surface area contributed by atoms with Gasteiger partial charge in [0, 0.05) is 56.5 Å². The van der Waals surface area contributed by atoms with Crippen LogP contribution in [0, 0.1) is 0 Å². The van der Waals surface area contributed by atoms with Gasteiger partial charge in [0.05, 0.1) is 0 Å². The molecule has 2 saturated heterocycles. The summed E-state index contributed by atoms with van der Waals surface area (Å²) in [6.07, 6.45) is 1.54. The third-order valence-electron chi connectivity index (χ3n) is 5.99. The number of alkyl halides is 2. The number of hydrogen-bond acceptors (Lipinski definition) is 4. The Morgan fingerprint density at radius 1 is 1.14 bits per heavy atom. The van der Waals surface area contributed by atoms with Gasteiger partial charge in [0.15, 0.2) is 5.76 Å². The molecule has 0 aliphatic carbocycles. The average Bonchev–Trinajstić information content (AvgIpc) is 3.11. The van der Waals surface area contributed by atoms with Gasteiger partial charge < -0.3 is 19.0 Å². The molecule has 1 aromatic heterocycles. The standard InChI is InChI=1S/C22H28F2N2O3/c1-15(2)25-9-5-17(6-10-25)28-18-4-3-16-13-20(29-19(16)14-18)21(27)26-11-7-22(23,24)8-12-26/h3-4,13-15,17H,5-12H2,1-2H3. The zero-order valence-corrected chi connectivity index (χ0v) is 17.0. The quantitative estimate of drug-likeness (QED) is 0.747. The van der Waals surface area contributed by atoms with Crippen LogP contribution in [0.15, 0.2) is 28.7 Å². The van der Waals surface area contributed by atoms with E-state index in [9.17, 15) is 13.6 Å². The molecular weight excluding hydrogens is 378 g/mol. The lowest BCUT2D eigenvalue weighted by Gasteiger charge is -2.34. The Balaban J connectivity index is 1.41. The van der Waals surface area contributed by atoms with Crippen LogP contribution in [0.5, 0.6) is 5.75 Å². The minimum Gasteiger partial charge on any atom is -0.490 e. The van der Waals surface area contributed by atoms with Crippen LogP contribution >= 0.6 is 0 Å². The second kappa shape index (κ2) is 7.94. The van der Waals surface area contributed by atoms with Crippen LogP contribution in [-0.2, 0) is 0 Å². The molecule has 0 bridgehead atoms. The van der Waals surface area contributed by atoms with Gasteiger partial charge in [-0.2, -0.15) is 0 Å². The summed E-state index contributed by atoms with van der Waals surface area (Å²) in [7, 11) is 0. The topological polar surface area (TPSA) is 45.9 Å². The molecule has 2 fully saturated rings. The van der Waals surface area contributed by atoms with E-state index in [2.05, 4.69) is 18.7 Å². The van der Waals surface area contributed by atoms with E-state index in [0.29, 0.717) is 11.6 Å². The van der Waals surface area contributed by atoms with Crippen LogP contribution in [0.3, 0.4) is 0 Å². The molecule has 0 spiro atoms. The summed E-state index contributed by atoms with van der Waals surface area (Å²) in [6.45, 7) is 6.57. The van der Waals surface area contributed by atoms with E-state index >= 15 is 0 Å². The number of carbonyl (C=O) groups is 1. The number of piperidine rings is 2. The van der Waals surface area contributed by atoms with Crippen molar-refractivity contribution in [3.8, 4) is 5.75 Å². The number of likely N-dealkylation sites (tertiary alicyclic amines) is 2. The highest BCUT2D eigenvalue weighted by Crippen LogP contribution is 2.30. The first-order chi connectivity index (χ1) is 13.8. The van der Waals surface area contributed by atoms with E-state index in [4.69, 9.17) is 9.15 Å². The summed E-state index contributed by atoms with van der Waals surface area (Å²) in [6, 6.07) is 7.80. The number of ether oxygens (including phenoxy) is 1. The Kier molecular flexibility index (Phi) is 5.51. The van der Waals surface area contributed by atoms with Gasteiger partial charge in [-0.3, -0.25) is 4.79 Å². The van der Waals surface area contributed by atoms with E-state index < -0.39 is 5.92 Å². The Bertz CT molecular complexity index is 862. The molecule has 2 aromatic rings. The maximum absolute atomic E-state index is 13.3. The molecule has 29 heavy (non-hydrogen) atoms. The number of halogens is 2. The summed E-state index contributed by atoms with van der Waals surface area (Å²) < 4.78 is 38.5. The van der Waals surface area contributed by atoms with Crippen molar-refractivity contribution in [3.63, 3.8) is 0 Å². The van der Waals surface area contributed by atoms with Crippen LogP contribution in [0.1, 0.15) is 50.1 Å². The Labute approximate surface area is 169 Å². The second-order valence-electron chi connectivity index (χ2n) is 8.41. The molecular formula is C22H28F2N2O3. The van der Waals surface area contributed by atoms with E-state index in [1.165, 1.54) is 4.90 Å². The zero-order valence-electron chi connectivity index (χ0n) is 17.0. The van der Waals surface area contributed by atoms with Gasteiger partial charge in [-0.05, 0) is 44.9 Å². The molecule has 1 amide bonds. The minimum atomic E-state index is -2.68. The Morgan fingerprint density at radius 3 is 2.48 bits per heavy atom. The fourth-order valence-corrected chi connectivity index (χ4v) is 4.09. The van der Waals surface area contributed by atoms with E-state index in [-0.39, 0.29) is 43.7 Å². The van der Waals surface area contributed by atoms with E-state index in [1.807, 2.05) is 18.2 Å². The van der Waals surface area contributed by atoms with Crippen molar-refractivity contribution in [2.45, 2.75) is 57.6 Å². The SMILES string of the molecule is CC(C)N1CCC(Oc2ccc3cc(C(=O)N4CCC(F)(F)CC4)oc3c2)CC1. The molecule has 4 rings (SSSR count). The molecule has 7 heteroatoms. The number of hydrogen-bond donors (Lipinski definition) is 0. The van der Waals surface area contributed by atoms with Crippen molar-refractivity contribution < 1.29 is 22.7 Å². The van der Waals surface area contributed by atoms with Crippen molar-refractivity contribution in [1.82, 2.24) is 9.80 Å². The highest BCUT2D eigenvalue weighted by Gasteiger charge is 2.36. The van der Waals surface area contributed by atoms with Crippen LogP contribution in [-0.4, -0.2) is 60.0 Å². The average molecular weight is 406 g/mol. The predicted molar refractivity (Wildman–Crippen MR) is 107 cm³/mol. The maximum Gasteiger partial charge on any atom is 0.289 e. The fourth-order valence-electron chi connectivity index (χ4n) is 4.09. The van der Waals surface area contributed by atoms with Gasteiger partial charge in [-0.15, -0.1) is 0 Å². The van der Waals surface area contributed by atoms with Crippen molar-refractivity contribution >= 4 is 16.9 Å². The Hall–Kier alpha value is -2.15. The number of furan rings is 1. The third kappa shape index (κ3) is 4.55. The van der Waals surface area contributed by atoms with Gasteiger partial charge in [-0.25, -0.2) is 8.78 Å². The summed E-state index contributed by atoms with van der Waals surface area (Å²) in [5, 5.41) is 0.803. The van der Waals surface area contributed by atoms with Gasteiger partial charge >= 0.3 is 0 Å². The largest absolute Gasteiger partial charge is 0.490 e. The first-order valence-corrected chi connectivity index (χ1v) is 10.4. The molecule has 2 aliphatic rings. The molecule has 0 atom stereocenters. The van der Waals surface area contributed by atoms with Crippen molar-refractivity contribution in [2.24, 2.45) is 0 Å². The highest BCUT2D eigenvalue weighted by atomic mass is 19.3. The number of benzene rings is 1. The maximum atomic E-state index is 13.3. The van der Waals surface area contributed by atoms with Gasteiger partial charge in [0.1, 0.15) is 17.4 Å². The predicted octanol–water partition coefficient (Wildman–Crippen LogP) is 4.56. The monoisotopic (exact) mass is 406 g/mol. The molecule has 5 nitrogen and oxygen atoms in total. The normalized spacial score (nSPS) is 21.1. The smallest absolute Gasteiger partial charge is 0.289 e. The fraction of sp³-hybridized carbons (Fsp3) is 0.591. The number of nitrogens with zero attached hydrogens (tertiary/aromatic N) is 2. The lowest BCUT2D eigenvalue weighted by atomic mass is 10.1. The third-order valence-corrected chi connectivity index (χ3v) is 5.99. The van der Waals surface area contributed by atoms with Gasteiger partial charge in [-0.1, -0.05) is 0 Å². The lowest BCUT2D eigenvalue weighted by molar-refractivity contribution is -0.0498. The second-order valence-corrected chi connectivity index (χ2v) is 8.41. The summed E-state index contributed by atoms with van der Waals surface area (Å²) in [5.74, 6) is -2.10. The number of fused-ring (bicyclic) bond motifs is 1. The molecule has 0 saturated carbocycles. The van der Waals surface area contributed by atoms with E-state index in [1.54, 1.807) is 6.07 Å². The van der Waals surface area contributed by atoms with Gasteiger partial charge in [0.25, 0.3) is 11.8 Å². The molecule has 3 heterocycles. The van der Waals surface area contributed by atoms with Crippen LogP contribution in [0.2, 0.25) is 0 Å². The molecule has 0 N–H and O–H groups in total. The Morgan fingerprint density at radius 2 is 1.83 bits per heavy atom. The molecule has 0 unspecified atom stereocenters. The molecule has 1 aromatic carbocycles. The summed E-state index contributed by atoms with van der Waals surface area (Å²) in [4.78, 5) is 16.5. The van der Waals surface area contributed by atoms with Crippen molar-refractivity contribution in [3.05, 3.63) is 30.0 Å². The van der Waals surface area contributed by atoms with E-state index in [0.717, 1.165) is 37.1 Å². The number of amides is 1. The molecule has 158 valence electrons. The highest BCUT2D eigenvalue weighted by molar-refractivity contribution is 5.96. The van der Waals surface area contributed by atoms with Crippen molar-refractivity contribution in [2.75, 3.05) is 26.2 Å². The number of rotatable bonds is 4. The molecule has 0 radical (unpaired) electrons. The zero-order chi connectivity index (χ0) is 20.6. The first-order valence-electron chi connectivity index (χ1n) is 10.4. The lowest BCUT2D eigenvalue weighted by Crippen LogP contribution is -2.42. The minimum absolute atomic E-state index is 0.0479. The van der Waals surface area contributed by atoms with Gasteiger partial charge in [0.2, 0.25) is 0 Å².